The zero-order valence-electron chi connectivity index (χ0n) is 15.1. The first-order valence-corrected chi connectivity index (χ1v) is 9.46. The maximum Gasteiger partial charge on any atom is 0.248 e. The second-order valence-electron chi connectivity index (χ2n) is 7.29. The van der Waals surface area contributed by atoms with Crippen LogP contribution in [0.2, 0.25) is 0 Å². The molecule has 0 aliphatic carbocycles. The van der Waals surface area contributed by atoms with Crippen LogP contribution in [-0.2, 0) is 11.3 Å². The molecule has 0 radical (unpaired) electrons. The standard InChI is InChI=1S/C19H27N3O4/c23-13-19(24)22-5-1-2-16(12-22)21-8-6-20(7-9-21)11-15-3-4-17-18(10-15)26-14-25-17/h3-4,10,16,23H,1-2,5-9,11-14H2/t16-/m0/s1. The van der Waals surface area contributed by atoms with Crippen molar-refractivity contribution in [2.45, 2.75) is 25.4 Å². The summed E-state index contributed by atoms with van der Waals surface area (Å²) in [6.07, 6.45) is 2.16. The number of fused-ring (bicyclic) bond motifs is 1. The number of benzene rings is 1. The molecular formula is C19H27N3O4. The molecule has 3 heterocycles. The Hall–Kier alpha value is -1.83. The molecule has 1 aromatic carbocycles. The van der Waals surface area contributed by atoms with Gasteiger partial charge >= 0.3 is 0 Å². The van der Waals surface area contributed by atoms with Crippen molar-refractivity contribution in [2.75, 3.05) is 52.7 Å². The number of piperidine rings is 1. The fourth-order valence-corrected chi connectivity index (χ4v) is 4.16. The van der Waals surface area contributed by atoms with Crippen LogP contribution in [0, 0.1) is 0 Å². The Balaban J connectivity index is 1.28. The molecule has 26 heavy (non-hydrogen) atoms. The van der Waals surface area contributed by atoms with Crippen LogP contribution in [0.4, 0.5) is 0 Å². The second-order valence-corrected chi connectivity index (χ2v) is 7.29. The molecule has 1 amide bonds. The molecule has 1 N–H and O–H groups in total. The molecule has 2 saturated heterocycles. The Kier molecular flexibility index (Phi) is 5.28. The van der Waals surface area contributed by atoms with Gasteiger partial charge in [0.2, 0.25) is 12.7 Å². The van der Waals surface area contributed by atoms with Crippen LogP contribution >= 0.6 is 0 Å². The minimum Gasteiger partial charge on any atom is -0.454 e. The number of carbonyl (C=O) groups is 1. The molecule has 0 spiro atoms. The highest BCUT2D eigenvalue weighted by molar-refractivity contribution is 5.77. The molecule has 2 fully saturated rings. The molecule has 0 unspecified atom stereocenters. The zero-order chi connectivity index (χ0) is 17.9. The number of aliphatic hydroxyl groups is 1. The Bertz CT molecular complexity index is 646. The fraction of sp³-hybridized carbons (Fsp3) is 0.632. The molecular weight excluding hydrogens is 334 g/mol. The van der Waals surface area contributed by atoms with Crippen LogP contribution in [0.5, 0.6) is 11.5 Å². The predicted molar refractivity (Wildman–Crippen MR) is 96.1 cm³/mol. The normalized spacial score (nSPS) is 24.0. The first-order chi connectivity index (χ1) is 12.7. The summed E-state index contributed by atoms with van der Waals surface area (Å²) in [4.78, 5) is 18.5. The van der Waals surface area contributed by atoms with Crippen LogP contribution in [0.25, 0.3) is 0 Å². The summed E-state index contributed by atoms with van der Waals surface area (Å²) in [5.41, 5.74) is 1.25. The highest BCUT2D eigenvalue weighted by atomic mass is 16.7. The smallest absolute Gasteiger partial charge is 0.248 e. The molecule has 0 saturated carbocycles. The average molecular weight is 361 g/mol. The van der Waals surface area contributed by atoms with Crippen molar-refractivity contribution < 1.29 is 19.4 Å². The van der Waals surface area contributed by atoms with E-state index < -0.39 is 0 Å². The van der Waals surface area contributed by atoms with Gasteiger partial charge in [-0.25, -0.2) is 0 Å². The Morgan fingerprint density at radius 3 is 2.73 bits per heavy atom. The quantitative estimate of drug-likeness (QED) is 0.843. The van der Waals surface area contributed by atoms with Crippen molar-refractivity contribution in [2.24, 2.45) is 0 Å². The molecule has 142 valence electrons. The number of ether oxygens (including phenoxy) is 2. The first kappa shape index (κ1) is 17.6. The van der Waals surface area contributed by atoms with Gasteiger partial charge in [0.1, 0.15) is 6.61 Å². The third-order valence-corrected chi connectivity index (χ3v) is 5.65. The van der Waals surface area contributed by atoms with E-state index in [0.29, 0.717) is 12.8 Å². The molecule has 3 aliphatic heterocycles. The molecule has 0 aromatic heterocycles. The maximum absolute atomic E-state index is 11.8. The van der Waals surface area contributed by atoms with Gasteiger partial charge in [-0.3, -0.25) is 14.6 Å². The lowest BCUT2D eigenvalue weighted by Gasteiger charge is -2.43. The van der Waals surface area contributed by atoms with Crippen molar-refractivity contribution in [1.82, 2.24) is 14.7 Å². The summed E-state index contributed by atoms with van der Waals surface area (Å²) in [5.74, 6) is 1.53. The van der Waals surface area contributed by atoms with Crippen molar-refractivity contribution >= 4 is 5.91 Å². The lowest BCUT2D eigenvalue weighted by atomic mass is 10.0. The summed E-state index contributed by atoms with van der Waals surface area (Å²) in [7, 11) is 0. The van der Waals surface area contributed by atoms with Gasteiger partial charge in [0.15, 0.2) is 11.5 Å². The summed E-state index contributed by atoms with van der Waals surface area (Å²) < 4.78 is 10.8. The van der Waals surface area contributed by atoms with E-state index in [1.165, 1.54) is 5.56 Å². The number of likely N-dealkylation sites (tertiary alicyclic amines) is 1. The number of piperazine rings is 1. The van der Waals surface area contributed by atoms with Gasteiger partial charge in [-0.15, -0.1) is 0 Å². The highest BCUT2D eigenvalue weighted by Crippen LogP contribution is 2.33. The summed E-state index contributed by atoms with van der Waals surface area (Å²) in [6, 6.07) is 6.60. The molecule has 1 aromatic rings. The second kappa shape index (κ2) is 7.82. The fourth-order valence-electron chi connectivity index (χ4n) is 4.16. The largest absolute Gasteiger partial charge is 0.454 e. The van der Waals surface area contributed by atoms with Gasteiger partial charge in [-0.2, -0.15) is 0 Å². The minimum absolute atomic E-state index is 0.142. The van der Waals surface area contributed by atoms with E-state index >= 15 is 0 Å². The first-order valence-electron chi connectivity index (χ1n) is 9.46. The van der Waals surface area contributed by atoms with Gasteiger partial charge in [-0.05, 0) is 30.5 Å². The number of rotatable bonds is 4. The van der Waals surface area contributed by atoms with Gasteiger partial charge in [0, 0.05) is 51.9 Å². The van der Waals surface area contributed by atoms with Crippen LogP contribution in [0.1, 0.15) is 18.4 Å². The van der Waals surface area contributed by atoms with Crippen molar-refractivity contribution in [3.8, 4) is 11.5 Å². The predicted octanol–water partition coefficient (Wildman–Crippen LogP) is 0.516. The van der Waals surface area contributed by atoms with Gasteiger partial charge in [0.05, 0.1) is 0 Å². The van der Waals surface area contributed by atoms with Crippen LogP contribution in [-0.4, -0.2) is 84.4 Å². The number of hydrogen-bond donors (Lipinski definition) is 1. The van der Waals surface area contributed by atoms with E-state index in [9.17, 15) is 4.79 Å². The Labute approximate surface area is 154 Å². The van der Waals surface area contributed by atoms with Gasteiger partial charge in [0.25, 0.3) is 0 Å². The molecule has 7 nitrogen and oxygen atoms in total. The lowest BCUT2D eigenvalue weighted by Crippen LogP contribution is -2.55. The summed E-state index contributed by atoms with van der Waals surface area (Å²) in [5, 5.41) is 9.09. The van der Waals surface area contributed by atoms with E-state index in [1.807, 2.05) is 11.0 Å². The van der Waals surface area contributed by atoms with E-state index in [2.05, 4.69) is 21.9 Å². The summed E-state index contributed by atoms with van der Waals surface area (Å²) >= 11 is 0. The van der Waals surface area contributed by atoms with E-state index in [0.717, 1.165) is 70.2 Å². The Morgan fingerprint density at radius 2 is 1.92 bits per heavy atom. The number of aliphatic hydroxyl groups excluding tert-OH is 1. The monoisotopic (exact) mass is 361 g/mol. The topological polar surface area (TPSA) is 65.5 Å². The van der Waals surface area contributed by atoms with Crippen molar-refractivity contribution in [3.05, 3.63) is 23.8 Å². The lowest BCUT2D eigenvalue weighted by molar-refractivity contribution is -0.136. The minimum atomic E-state index is -0.379. The van der Waals surface area contributed by atoms with Gasteiger partial charge in [-0.1, -0.05) is 6.07 Å². The zero-order valence-corrected chi connectivity index (χ0v) is 15.1. The van der Waals surface area contributed by atoms with E-state index in [-0.39, 0.29) is 12.5 Å². The molecule has 4 rings (SSSR count). The summed E-state index contributed by atoms with van der Waals surface area (Å²) in [6.45, 7) is 6.49. The van der Waals surface area contributed by atoms with Crippen LogP contribution < -0.4 is 9.47 Å². The Morgan fingerprint density at radius 1 is 1.12 bits per heavy atom. The molecule has 0 bridgehead atoms. The van der Waals surface area contributed by atoms with E-state index in [1.54, 1.807) is 0 Å². The number of amides is 1. The van der Waals surface area contributed by atoms with Crippen molar-refractivity contribution in [3.63, 3.8) is 0 Å². The third kappa shape index (κ3) is 3.79. The van der Waals surface area contributed by atoms with Gasteiger partial charge < -0.3 is 19.5 Å². The number of nitrogens with zero attached hydrogens (tertiary/aromatic N) is 3. The molecule has 7 heteroatoms. The van der Waals surface area contributed by atoms with E-state index in [4.69, 9.17) is 14.6 Å². The number of carbonyl (C=O) groups excluding carboxylic acids is 1. The van der Waals surface area contributed by atoms with Crippen molar-refractivity contribution in [1.29, 1.82) is 0 Å². The molecule has 1 atom stereocenters. The highest BCUT2D eigenvalue weighted by Gasteiger charge is 2.29. The number of hydrogen-bond acceptors (Lipinski definition) is 6. The SMILES string of the molecule is O=C(CO)N1CCC[C@H](N2CCN(Cc3ccc4c(c3)OCO4)CC2)C1. The maximum atomic E-state index is 11.8. The van der Waals surface area contributed by atoms with Crippen LogP contribution in [0.3, 0.4) is 0 Å². The average Bonchev–Trinajstić information content (AvgIpc) is 3.16. The van der Waals surface area contributed by atoms with Crippen LogP contribution in [0.15, 0.2) is 18.2 Å². The third-order valence-electron chi connectivity index (χ3n) is 5.65. The molecule has 3 aliphatic rings.